The standard InChI is InChI=1S/3C4H9.C3H4.Sn/c3*1-3-4-2;1-3-2;/h3*1,3-4H2,2H3;1H,2H3;. The van der Waals surface area contributed by atoms with Crippen molar-refractivity contribution in [1.82, 2.24) is 0 Å². The van der Waals surface area contributed by atoms with Crippen LogP contribution in [0.25, 0.3) is 0 Å². The third-order valence-corrected chi connectivity index (χ3v) is 11.7. The van der Waals surface area contributed by atoms with E-state index in [0.29, 0.717) is 0 Å². The van der Waals surface area contributed by atoms with Crippen LogP contribution >= 0.6 is 0 Å². The van der Waals surface area contributed by atoms with Crippen molar-refractivity contribution in [3.63, 3.8) is 0 Å². The summed E-state index contributed by atoms with van der Waals surface area (Å²) in [5.41, 5.74) is 0. The summed E-state index contributed by atoms with van der Waals surface area (Å²) in [6, 6.07) is 0. The Kier molecular flexibility index (Phi) is 20.8. The normalized spacial score (nSPS) is 9.50. The van der Waals surface area contributed by atoms with E-state index >= 15 is 0 Å². The first-order chi connectivity index (χ1) is 7.76. The number of unbranched alkanes of at least 4 members (excludes halogenated alkanes) is 3. The molecule has 0 bridgehead atoms. The van der Waals surface area contributed by atoms with Crippen LogP contribution in [0.15, 0.2) is 0 Å². The fourth-order valence-electron chi connectivity index (χ4n) is 1.66. The first-order valence-electron chi connectivity index (χ1n) is 6.97. The molecule has 1 radical (unpaired) electrons. The maximum absolute atomic E-state index is 4.60. The van der Waals surface area contributed by atoms with E-state index in [1.807, 2.05) is 0 Å². The molecule has 0 N–H and O–H groups in total. The third-order valence-electron chi connectivity index (χ3n) is 2.65. The number of rotatable bonds is 9. The van der Waals surface area contributed by atoms with Crippen LogP contribution in [-0.2, 0) is 0 Å². The molecule has 0 fully saturated rings. The van der Waals surface area contributed by atoms with Crippen LogP contribution < -0.4 is 0 Å². The maximum atomic E-state index is 4.60. The Balaban J connectivity index is 0. The zero-order valence-electron chi connectivity index (χ0n) is 11.9. The van der Waals surface area contributed by atoms with Crippen molar-refractivity contribution < 1.29 is 0 Å². The molecule has 0 saturated heterocycles. The summed E-state index contributed by atoms with van der Waals surface area (Å²) < 4.78 is 5.04. The number of hydrogen-bond donors (Lipinski definition) is 0. The summed E-state index contributed by atoms with van der Waals surface area (Å²) in [6.45, 7) is 8.65. The van der Waals surface area contributed by atoms with E-state index in [0.717, 1.165) is 0 Å². The summed E-state index contributed by atoms with van der Waals surface area (Å²) in [4.78, 5) is 0. The van der Waals surface area contributed by atoms with Gasteiger partial charge < -0.3 is 0 Å². The molecule has 0 amide bonds. The Hall–Kier alpha value is 0.359. The molecule has 0 unspecified atom stereocenters. The van der Waals surface area contributed by atoms with Gasteiger partial charge >= 0.3 is 92.4 Å². The predicted octanol–water partition coefficient (Wildman–Crippen LogP) is 5.52. The van der Waals surface area contributed by atoms with Crippen molar-refractivity contribution >= 4 is 19.8 Å². The second-order valence-corrected chi connectivity index (χ2v) is 12.9. The molecule has 0 spiro atoms. The first kappa shape index (κ1) is 18.7. The summed E-state index contributed by atoms with van der Waals surface area (Å²) >= 11 is -0.839. The second-order valence-electron chi connectivity index (χ2n) is 4.35. The van der Waals surface area contributed by atoms with Crippen LogP contribution in [0.2, 0.25) is 13.3 Å². The minimum absolute atomic E-state index is 0.839. The minimum atomic E-state index is -0.839. The summed E-state index contributed by atoms with van der Waals surface area (Å²) in [5.74, 6) is 2.25. The fourth-order valence-corrected chi connectivity index (χ4v) is 11.1. The monoisotopic (exact) mass is 331 g/mol. The molecule has 0 aromatic heterocycles. The Morgan fingerprint density at radius 1 is 0.812 bits per heavy atom. The van der Waals surface area contributed by atoms with Gasteiger partial charge in [0.25, 0.3) is 0 Å². The summed E-state index contributed by atoms with van der Waals surface area (Å²) in [7, 11) is 0. The van der Waals surface area contributed by atoms with Gasteiger partial charge in [0.2, 0.25) is 0 Å². The van der Waals surface area contributed by atoms with Crippen LogP contribution in [0.3, 0.4) is 0 Å². The van der Waals surface area contributed by atoms with Crippen LogP contribution in [0.4, 0.5) is 0 Å². The van der Waals surface area contributed by atoms with Crippen molar-refractivity contribution in [1.29, 1.82) is 0 Å². The second kappa shape index (κ2) is 17.7. The van der Waals surface area contributed by atoms with E-state index in [4.69, 9.17) is 0 Å². The molecular weight excluding hydrogens is 299 g/mol. The summed E-state index contributed by atoms with van der Waals surface area (Å²) in [5, 5.41) is 0. The van der Waals surface area contributed by atoms with Crippen LogP contribution in [0, 0.1) is 12.3 Å². The third kappa shape index (κ3) is 16.8. The van der Waals surface area contributed by atoms with E-state index in [1.54, 1.807) is 20.2 Å². The van der Waals surface area contributed by atoms with Gasteiger partial charge in [-0.25, -0.2) is 0 Å². The number of hydrogen-bond acceptors (Lipinski definition) is 0. The predicted molar refractivity (Wildman–Crippen MR) is 79.4 cm³/mol. The van der Waals surface area contributed by atoms with Gasteiger partial charge in [0, 0.05) is 0 Å². The molecule has 95 valence electrons. The zero-order chi connectivity index (χ0) is 12.6. The van der Waals surface area contributed by atoms with E-state index < -0.39 is 19.8 Å². The Morgan fingerprint density at radius 2 is 1.06 bits per heavy atom. The van der Waals surface area contributed by atoms with Crippen molar-refractivity contribution in [3.8, 4) is 12.3 Å². The summed E-state index contributed by atoms with van der Waals surface area (Å²) in [6.07, 6.45) is 13.4. The molecular formula is C15H31Sn. The number of terminal acetylenes is 1. The molecule has 0 aliphatic carbocycles. The van der Waals surface area contributed by atoms with Crippen LogP contribution in [-0.4, -0.2) is 19.8 Å². The van der Waals surface area contributed by atoms with Crippen molar-refractivity contribution in [3.05, 3.63) is 0 Å². The molecule has 1 heteroatoms. The molecule has 0 heterocycles. The van der Waals surface area contributed by atoms with Gasteiger partial charge in [-0.1, -0.05) is 0 Å². The fraction of sp³-hybridized carbons (Fsp3) is 0.867. The molecule has 0 saturated carbocycles. The Labute approximate surface area is 111 Å². The van der Waals surface area contributed by atoms with E-state index in [9.17, 15) is 0 Å². The van der Waals surface area contributed by atoms with Gasteiger partial charge in [-0.2, -0.15) is 0 Å². The topological polar surface area (TPSA) is 0 Å². The van der Waals surface area contributed by atoms with Crippen LogP contribution in [0.1, 0.15) is 66.2 Å². The molecule has 0 atom stereocenters. The SMILES string of the molecule is C#CC.CCC[CH2][Sn]([CH2]CCC)[CH2]CCC. The first-order valence-corrected chi connectivity index (χ1v) is 13.0. The average molecular weight is 330 g/mol. The van der Waals surface area contributed by atoms with Gasteiger partial charge in [0.15, 0.2) is 0 Å². The molecule has 0 nitrogen and oxygen atoms in total. The van der Waals surface area contributed by atoms with Gasteiger partial charge in [0.05, 0.1) is 0 Å². The Bertz CT molecular complexity index is 127. The van der Waals surface area contributed by atoms with Gasteiger partial charge in [-0.05, 0) is 6.92 Å². The van der Waals surface area contributed by atoms with E-state index in [2.05, 4.69) is 33.1 Å². The van der Waals surface area contributed by atoms with Crippen molar-refractivity contribution in [2.45, 2.75) is 79.5 Å². The quantitative estimate of drug-likeness (QED) is 0.386. The average Bonchev–Trinajstić information content (AvgIpc) is 2.29. The molecule has 0 aliphatic rings. The molecule has 0 aromatic rings. The van der Waals surface area contributed by atoms with Gasteiger partial charge in [-0.15, -0.1) is 12.3 Å². The van der Waals surface area contributed by atoms with E-state index in [1.165, 1.54) is 38.5 Å². The molecule has 0 aliphatic heterocycles. The van der Waals surface area contributed by atoms with Crippen molar-refractivity contribution in [2.75, 3.05) is 0 Å². The van der Waals surface area contributed by atoms with Crippen molar-refractivity contribution in [2.24, 2.45) is 0 Å². The molecule has 0 rings (SSSR count). The van der Waals surface area contributed by atoms with Crippen LogP contribution in [0.5, 0.6) is 0 Å². The zero-order valence-corrected chi connectivity index (χ0v) is 14.8. The molecule has 16 heavy (non-hydrogen) atoms. The van der Waals surface area contributed by atoms with Gasteiger partial charge in [0.1, 0.15) is 0 Å². The Morgan fingerprint density at radius 3 is 1.25 bits per heavy atom. The molecule has 0 aromatic carbocycles. The van der Waals surface area contributed by atoms with E-state index in [-0.39, 0.29) is 0 Å². The van der Waals surface area contributed by atoms with Gasteiger partial charge in [-0.3, -0.25) is 0 Å².